The fraction of sp³-hybridized carbons (Fsp3) is 0.389. The Balaban J connectivity index is 1.34. The van der Waals surface area contributed by atoms with E-state index in [9.17, 15) is 4.79 Å². The first-order valence-corrected chi connectivity index (χ1v) is 8.94. The fourth-order valence-electron chi connectivity index (χ4n) is 2.73. The highest BCUT2D eigenvalue weighted by Gasteiger charge is 2.22. The molecule has 1 aliphatic heterocycles. The summed E-state index contributed by atoms with van der Waals surface area (Å²) in [5.41, 5.74) is 0. The smallest absolute Gasteiger partial charge is 0.264 e. The van der Waals surface area contributed by atoms with Gasteiger partial charge in [-0.25, -0.2) is 0 Å². The van der Waals surface area contributed by atoms with Gasteiger partial charge in [0.15, 0.2) is 0 Å². The molecule has 0 atom stereocenters. The maximum Gasteiger partial charge on any atom is 0.264 e. The first-order valence-electron chi connectivity index (χ1n) is 8.06. The van der Waals surface area contributed by atoms with Crippen molar-refractivity contribution in [2.75, 3.05) is 39.3 Å². The average molecular weight is 330 g/mol. The Bertz CT molecular complexity index is 593. The predicted octanol–water partition coefficient (Wildman–Crippen LogP) is 2.98. The number of carbonyl (C=O) groups is 1. The quantitative estimate of drug-likeness (QED) is 0.764. The number of amides is 1. The van der Waals surface area contributed by atoms with E-state index >= 15 is 0 Å². The summed E-state index contributed by atoms with van der Waals surface area (Å²) in [6.45, 7) is 5.28. The summed E-state index contributed by atoms with van der Waals surface area (Å²) >= 11 is 1.52. The van der Waals surface area contributed by atoms with Crippen LogP contribution in [0.3, 0.4) is 0 Å². The van der Waals surface area contributed by atoms with Crippen LogP contribution in [-0.4, -0.2) is 55.0 Å². The summed E-state index contributed by atoms with van der Waals surface area (Å²) in [6.07, 6.45) is 1.01. The molecule has 1 aromatic heterocycles. The monoisotopic (exact) mass is 330 g/mol. The van der Waals surface area contributed by atoms with E-state index < -0.39 is 0 Å². The maximum atomic E-state index is 12.3. The Morgan fingerprint density at radius 2 is 1.83 bits per heavy atom. The third-order valence-corrected chi connectivity index (χ3v) is 4.88. The second-order valence-electron chi connectivity index (χ2n) is 5.63. The lowest BCUT2D eigenvalue weighted by Gasteiger charge is -2.34. The van der Waals surface area contributed by atoms with Crippen molar-refractivity contribution in [2.24, 2.45) is 0 Å². The highest BCUT2D eigenvalue weighted by atomic mass is 32.1. The lowest BCUT2D eigenvalue weighted by atomic mass is 10.2. The Kier molecular flexibility index (Phi) is 5.66. The molecule has 0 aliphatic carbocycles. The van der Waals surface area contributed by atoms with Crippen LogP contribution in [0.2, 0.25) is 0 Å². The summed E-state index contributed by atoms with van der Waals surface area (Å²) < 4.78 is 5.72. The summed E-state index contributed by atoms with van der Waals surface area (Å²) in [5.74, 6) is 1.10. The zero-order valence-corrected chi connectivity index (χ0v) is 14.0. The van der Waals surface area contributed by atoms with Gasteiger partial charge < -0.3 is 9.64 Å². The number of thiophene rings is 1. The highest BCUT2D eigenvalue weighted by Crippen LogP contribution is 2.14. The normalized spacial score (nSPS) is 15.6. The third-order valence-electron chi connectivity index (χ3n) is 4.02. The van der Waals surface area contributed by atoms with E-state index in [1.165, 1.54) is 11.3 Å². The van der Waals surface area contributed by atoms with Gasteiger partial charge in [-0.1, -0.05) is 24.3 Å². The lowest BCUT2D eigenvalue weighted by molar-refractivity contribution is 0.0635. The van der Waals surface area contributed by atoms with Gasteiger partial charge in [0, 0.05) is 32.7 Å². The molecule has 0 N–H and O–H groups in total. The van der Waals surface area contributed by atoms with Crippen molar-refractivity contribution >= 4 is 17.2 Å². The molecule has 1 amide bonds. The van der Waals surface area contributed by atoms with E-state index in [1.807, 2.05) is 52.7 Å². The summed E-state index contributed by atoms with van der Waals surface area (Å²) in [7, 11) is 0. The molecule has 0 bridgehead atoms. The van der Waals surface area contributed by atoms with Crippen LogP contribution < -0.4 is 4.74 Å². The van der Waals surface area contributed by atoms with E-state index in [-0.39, 0.29) is 5.91 Å². The van der Waals surface area contributed by atoms with Gasteiger partial charge in [-0.15, -0.1) is 11.3 Å². The molecule has 122 valence electrons. The standard InChI is InChI=1S/C18H22N2O2S/c21-18(17-8-4-15-23-17)20-12-10-19(11-13-20)9-5-14-22-16-6-2-1-3-7-16/h1-4,6-8,15H,5,9-14H2. The number of hydrogen-bond acceptors (Lipinski definition) is 4. The molecule has 3 rings (SSSR count). The molecule has 1 saturated heterocycles. The Morgan fingerprint density at radius 3 is 2.52 bits per heavy atom. The van der Waals surface area contributed by atoms with Gasteiger partial charge in [0.05, 0.1) is 11.5 Å². The summed E-state index contributed by atoms with van der Waals surface area (Å²) in [5, 5.41) is 1.95. The van der Waals surface area contributed by atoms with E-state index in [2.05, 4.69) is 4.90 Å². The van der Waals surface area contributed by atoms with Gasteiger partial charge in [-0.2, -0.15) is 0 Å². The molecule has 0 spiro atoms. The molecule has 4 nitrogen and oxygen atoms in total. The van der Waals surface area contributed by atoms with Crippen molar-refractivity contribution in [1.29, 1.82) is 0 Å². The van der Waals surface area contributed by atoms with Crippen molar-refractivity contribution in [1.82, 2.24) is 9.80 Å². The van der Waals surface area contributed by atoms with Crippen LogP contribution in [0.25, 0.3) is 0 Å². The van der Waals surface area contributed by atoms with E-state index in [4.69, 9.17) is 4.74 Å². The second-order valence-corrected chi connectivity index (χ2v) is 6.57. The van der Waals surface area contributed by atoms with Crippen LogP contribution in [0.15, 0.2) is 47.8 Å². The Labute approximate surface area is 141 Å². The van der Waals surface area contributed by atoms with E-state index in [0.717, 1.165) is 56.4 Å². The topological polar surface area (TPSA) is 32.8 Å². The highest BCUT2D eigenvalue weighted by molar-refractivity contribution is 7.12. The average Bonchev–Trinajstić information content (AvgIpc) is 3.14. The van der Waals surface area contributed by atoms with Crippen molar-refractivity contribution in [3.8, 4) is 5.75 Å². The van der Waals surface area contributed by atoms with Crippen molar-refractivity contribution in [3.05, 3.63) is 52.7 Å². The van der Waals surface area contributed by atoms with E-state index in [1.54, 1.807) is 0 Å². The van der Waals surface area contributed by atoms with Crippen LogP contribution in [-0.2, 0) is 0 Å². The molecule has 0 radical (unpaired) electrons. The van der Waals surface area contributed by atoms with Gasteiger partial charge >= 0.3 is 0 Å². The van der Waals surface area contributed by atoms with Gasteiger partial charge in [0.25, 0.3) is 5.91 Å². The van der Waals surface area contributed by atoms with Crippen LogP contribution >= 0.6 is 11.3 Å². The molecule has 1 aliphatic rings. The van der Waals surface area contributed by atoms with Crippen LogP contribution in [0.5, 0.6) is 5.75 Å². The number of para-hydroxylation sites is 1. The van der Waals surface area contributed by atoms with E-state index in [0.29, 0.717) is 0 Å². The Hall–Kier alpha value is -1.85. The SMILES string of the molecule is O=C(c1cccs1)N1CCN(CCCOc2ccccc2)CC1. The number of benzene rings is 1. The predicted molar refractivity (Wildman–Crippen MR) is 93.2 cm³/mol. The minimum Gasteiger partial charge on any atom is -0.494 e. The number of piperazine rings is 1. The first kappa shape index (κ1) is 16.0. The molecule has 0 unspecified atom stereocenters. The largest absolute Gasteiger partial charge is 0.494 e. The maximum absolute atomic E-state index is 12.3. The summed E-state index contributed by atoms with van der Waals surface area (Å²) in [6, 6.07) is 13.8. The van der Waals surface area contributed by atoms with Gasteiger partial charge in [0.2, 0.25) is 0 Å². The molecule has 2 heterocycles. The van der Waals surface area contributed by atoms with Gasteiger partial charge in [0.1, 0.15) is 5.75 Å². The van der Waals surface area contributed by atoms with Crippen LogP contribution in [0.1, 0.15) is 16.1 Å². The third kappa shape index (κ3) is 4.56. The van der Waals surface area contributed by atoms with Crippen LogP contribution in [0.4, 0.5) is 0 Å². The minimum absolute atomic E-state index is 0.173. The first-order chi connectivity index (χ1) is 11.3. The Morgan fingerprint density at radius 1 is 1.04 bits per heavy atom. The number of rotatable bonds is 6. The van der Waals surface area contributed by atoms with Crippen molar-refractivity contribution in [3.63, 3.8) is 0 Å². The molecule has 1 aromatic carbocycles. The summed E-state index contributed by atoms with van der Waals surface area (Å²) in [4.78, 5) is 17.5. The number of carbonyl (C=O) groups excluding carboxylic acids is 1. The fourth-order valence-corrected chi connectivity index (χ4v) is 3.42. The van der Waals surface area contributed by atoms with Crippen molar-refractivity contribution in [2.45, 2.75) is 6.42 Å². The van der Waals surface area contributed by atoms with Gasteiger partial charge in [-0.05, 0) is 30.0 Å². The number of nitrogens with zero attached hydrogens (tertiary/aromatic N) is 2. The molecule has 5 heteroatoms. The number of hydrogen-bond donors (Lipinski definition) is 0. The van der Waals surface area contributed by atoms with Crippen molar-refractivity contribution < 1.29 is 9.53 Å². The second kappa shape index (κ2) is 8.13. The molecular formula is C18H22N2O2S. The lowest BCUT2D eigenvalue weighted by Crippen LogP contribution is -2.48. The molecule has 2 aromatic rings. The zero-order valence-electron chi connectivity index (χ0n) is 13.2. The molecule has 23 heavy (non-hydrogen) atoms. The number of ether oxygens (including phenoxy) is 1. The minimum atomic E-state index is 0.173. The van der Waals surface area contributed by atoms with Crippen LogP contribution in [0, 0.1) is 0 Å². The molecule has 0 saturated carbocycles. The molecule has 1 fully saturated rings. The van der Waals surface area contributed by atoms with Gasteiger partial charge in [-0.3, -0.25) is 9.69 Å². The zero-order chi connectivity index (χ0) is 15.9. The molecular weight excluding hydrogens is 308 g/mol.